The number of anilines is 1. The minimum atomic E-state index is -4.22. The Bertz CT molecular complexity index is 1210. The van der Waals surface area contributed by atoms with Gasteiger partial charge in [-0.05, 0) is 54.6 Å². The van der Waals surface area contributed by atoms with Gasteiger partial charge in [0.25, 0.3) is 0 Å². The van der Waals surface area contributed by atoms with Gasteiger partial charge >= 0.3 is 0 Å². The van der Waals surface area contributed by atoms with Crippen LogP contribution in [-0.4, -0.2) is 25.2 Å². The van der Waals surface area contributed by atoms with E-state index in [1.54, 1.807) is 0 Å². The molecule has 0 bridgehead atoms. The van der Waals surface area contributed by atoms with Gasteiger partial charge in [-0.2, -0.15) is 4.31 Å². The van der Waals surface area contributed by atoms with Gasteiger partial charge in [-0.15, -0.1) is 0 Å². The highest BCUT2D eigenvalue weighted by Gasteiger charge is 2.28. The number of hydrogen-bond donors (Lipinski definition) is 1. The van der Waals surface area contributed by atoms with Crippen molar-refractivity contribution in [1.29, 1.82) is 0 Å². The van der Waals surface area contributed by atoms with Gasteiger partial charge in [0, 0.05) is 37.9 Å². The van der Waals surface area contributed by atoms with Crippen molar-refractivity contribution in [1.82, 2.24) is 4.31 Å². The number of nitrogens with zero attached hydrogens (tertiary/aromatic N) is 1. The molecule has 0 spiro atoms. The van der Waals surface area contributed by atoms with Gasteiger partial charge in [-0.3, -0.25) is 4.79 Å². The summed E-state index contributed by atoms with van der Waals surface area (Å²) in [5, 5.41) is 3.48. The van der Waals surface area contributed by atoms with Crippen molar-refractivity contribution >= 4 is 68.0 Å². The van der Waals surface area contributed by atoms with Crippen molar-refractivity contribution in [3.63, 3.8) is 0 Å². The fourth-order valence-corrected chi connectivity index (χ4v) is 5.07. The van der Waals surface area contributed by atoms with Gasteiger partial charge in [0.15, 0.2) is 0 Å². The molecule has 3 aromatic carbocycles. The Morgan fingerprint density at radius 1 is 0.906 bits per heavy atom. The predicted molar refractivity (Wildman–Crippen MR) is 126 cm³/mol. The van der Waals surface area contributed by atoms with Crippen molar-refractivity contribution in [3.8, 4) is 0 Å². The molecule has 0 aliphatic carbocycles. The second-order valence-corrected chi connectivity index (χ2v) is 10.3. The lowest BCUT2D eigenvalue weighted by molar-refractivity contribution is -0.116. The van der Waals surface area contributed by atoms with Crippen LogP contribution in [0.25, 0.3) is 0 Å². The van der Waals surface area contributed by atoms with Gasteiger partial charge in [0.2, 0.25) is 15.9 Å². The van der Waals surface area contributed by atoms with Crippen molar-refractivity contribution in [2.45, 2.75) is 11.4 Å². The highest BCUT2D eigenvalue weighted by Crippen LogP contribution is 2.26. The molecule has 0 unspecified atom stereocenters. The number of amides is 1. The first kappa shape index (κ1) is 24.8. The minimum Gasteiger partial charge on any atom is -0.325 e. The van der Waals surface area contributed by atoms with E-state index in [9.17, 15) is 17.6 Å². The first-order valence-electron chi connectivity index (χ1n) is 9.01. The van der Waals surface area contributed by atoms with Gasteiger partial charge in [0.05, 0.1) is 11.4 Å². The average molecular weight is 536 g/mol. The van der Waals surface area contributed by atoms with Crippen LogP contribution in [0.1, 0.15) is 5.56 Å². The predicted octanol–water partition coefficient (Wildman–Crippen LogP) is 6.27. The number of benzene rings is 3. The lowest BCUT2D eigenvalue weighted by Crippen LogP contribution is -2.37. The summed E-state index contributed by atoms with van der Waals surface area (Å²) in [7, 11) is -4.22. The zero-order valence-corrected chi connectivity index (χ0v) is 20.0. The molecule has 1 N–H and O–H groups in total. The molecule has 0 fully saturated rings. The zero-order chi connectivity index (χ0) is 23.5. The molecule has 5 nitrogen and oxygen atoms in total. The van der Waals surface area contributed by atoms with Crippen LogP contribution in [0.3, 0.4) is 0 Å². The number of hydrogen-bond acceptors (Lipinski definition) is 3. The third-order valence-corrected chi connectivity index (χ3v) is 7.16. The highest BCUT2D eigenvalue weighted by atomic mass is 35.5. The molecule has 3 aromatic rings. The van der Waals surface area contributed by atoms with Gasteiger partial charge in [-0.25, -0.2) is 12.8 Å². The summed E-state index contributed by atoms with van der Waals surface area (Å²) in [5.74, 6) is -1.39. The molecule has 0 heterocycles. The Morgan fingerprint density at radius 2 is 1.53 bits per heavy atom. The molecule has 0 saturated heterocycles. The monoisotopic (exact) mass is 534 g/mol. The van der Waals surface area contributed by atoms with E-state index in [1.165, 1.54) is 54.6 Å². The fraction of sp³-hybridized carbons (Fsp3) is 0.0952. The van der Waals surface area contributed by atoms with E-state index >= 15 is 0 Å². The maximum absolute atomic E-state index is 14.4. The molecule has 32 heavy (non-hydrogen) atoms. The Balaban J connectivity index is 1.94. The Morgan fingerprint density at radius 3 is 2.12 bits per heavy atom. The number of halogens is 5. The van der Waals surface area contributed by atoms with Crippen molar-refractivity contribution in [3.05, 3.63) is 92.1 Å². The van der Waals surface area contributed by atoms with E-state index in [4.69, 9.17) is 46.4 Å². The van der Waals surface area contributed by atoms with Crippen LogP contribution in [0.15, 0.2) is 65.6 Å². The Kier molecular flexibility index (Phi) is 8.03. The molecule has 0 aliphatic rings. The van der Waals surface area contributed by atoms with Crippen LogP contribution < -0.4 is 5.32 Å². The Hall–Kier alpha value is -1.87. The molecular weight excluding hydrogens is 521 g/mol. The lowest BCUT2D eigenvalue weighted by atomic mass is 10.2. The van der Waals surface area contributed by atoms with E-state index in [2.05, 4.69) is 5.32 Å². The quantitative estimate of drug-likeness (QED) is 0.387. The summed E-state index contributed by atoms with van der Waals surface area (Å²) in [5.41, 5.74) is 0.213. The van der Waals surface area contributed by atoms with Gasteiger partial charge < -0.3 is 5.32 Å². The van der Waals surface area contributed by atoms with Crippen LogP contribution >= 0.6 is 46.4 Å². The maximum atomic E-state index is 14.4. The second-order valence-electron chi connectivity index (χ2n) is 6.63. The number of carbonyl (C=O) groups is 1. The first-order chi connectivity index (χ1) is 15.1. The summed E-state index contributed by atoms with van der Waals surface area (Å²) in [4.78, 5) is 12.6. The topological polar surface area (TPSA) is 66.5 Å². The van der Waals surface area contributed by atoms with E-state index < -0.39 is 34.8 Å². The third-order valence-electron chi connectivity index (χ3n) is 4.31. The molecule has 11 heteroatoms. The second kappa shape index (κ2) is 10.4. The van der Waals surface area contributed by atoms with Crippen molar-refractivity contribution in [2.75, 3.05) is 11.9 Å². The van der Waals surface area contributed by atoms with E-state index in [1.807, 2.05) is 0 Å². The van der Waals surface area contributed by atoms with Crippen LogP contribution in [0.4, 0.5) is 10.1 Å². The fourth-order valence-electron chi connectivity index (χ4n) is 2.83. The van der Waals surface area contributed by atoms with E-state index in [-0.39, 0.29) is 31.2 Å². The molecule has 168 valence electrons. The molecule has 0 aliphatic heterocycles. The molecule has 0 saturated carbocycles. The first-order valence-corrected chi connectivity index (χ1v) is 12.0. The molecular formula is C21H15Cl4FN2O3S. The van der Waals surface area contributed by atoms with Gasteiger partial charge in [0.1, 0.15) is 5.82 Å². The molecule has 1 amide bonds. The SMILES string of the molecule is O=C(CN(Cc1c(F)cccc1Cl)S(=O)(=O)c1ccc(Cl)cc1)Nc1cc(Cl)cc(Cl)c1. The van der Waals surface area contributed by atoms with Gasteiger partial charge in [-0.1, -0.05) is 52.5 Å². The normalized spacial score (nSPS) is 11.6. The lowest BCUT2D eigenvalue weighted by Gasteiger charge is -2.23. The minimum absolute atomic E-state index is 0.0309. The number of carbonyl (C=O) groups excluding carboxylic acids is 1. The molecule has 0 radical (unpaired) electrons. The maximum Gasteiger partial charge on any atom is 0.243 e. The van der Waals surface area contributed by atoms with Crippen LogP contribution in [0, 0.1) is 5.82 Å². The van der Waals surface area contributed by atoms with E-state index in [0.29, 0.717) is 5.02 Å². The summed E-state index contributed by atoms with van der Waals surface area (Å²) in [6.07, 6.45) is 0. The average Bonchev–Trinajstić information content (AvgIpc) is 2.69. The summed E-state index contributed by atoms with van der Waals surface area (Å²) in [6.45, 7) is -1.10. The largest absolute Gasteiger partial charge is 0.325 e. The summed E-state index contributed by atoms with van der Waals surface area (Å²) >= 11 is 23.8. The Labute approximate surface area is 204 Å². The highest BCUT2D eigenvalue weighted by molar-refractivity contribution is 7.89. The molecule has 3 rings (SSSR count). The van der Waals surface area contributed by atoms with Crippen molar-refractivity contribution in [2.24, 2.45) is 0 Å². The summed E-state index contributed by atoms with van der Waals surface area (Å²) < 4.78 is 41.7. The number of nitrogens with one attached hydrogen (secondary N) is 1. The standard InChI is InChI=1S/C21H15Cl4FN2O3S/c22-13-4-6-17(7-5-13)32(30,31)28(11-18-19(25)2-1-3-20(18)26)12-21(29)27-16-9-14(23)8-15(24)10-16/h1-10H,11-12H2,(H,27,29). The molecule has 0 atom stereocenters. The van der Waals surface area contributed by atoms with Crippen LogP contribution in [0.5, 0.6) is 0 Å². The zero-order valence-electron chi connectivity index (χ0n) is 16.2. The van der Waals surface area contributed by atoms with E-state index in [0.717, 1.165) is 10.4 Å². The van der Waals surface area contributed by atoms with Crippen molar-refractivity contribution < 1.29 is 17.6 Å². The van der Waals surface area contributed by atoms with Crippen LogP contribution in [-0.2, 0) is 21.4 Å². The third kappa shape index (κ3) is 6.13. The number of rotatable bonds is 7. The smallest absolute Gasteiger partial charge is 0.243 e. The summed E-state index contributed by atoms with van der Waals surface area (Å²) in [6, 6.07) is 13.8. The molecule has 0 aromatic heterocycles. The van der Waals surface area contributed by atoms with Crippen LogP contribution in [0.2, 0.25) is 20.1 Å². The number of sulfonamides is 1.